The van der Waals surface area contributed by atoms with E-state index in [9.17, 15) is 9.90 Å². The van der Waals surface area contributed by atoms with Crippen molar-refractivity contribution < 1.29 is 9.90 Å². The third-order valence-electron chi connectivity index (χ3n) is 5.44. The first-order valence-corrected chi connectivity index (χ1v) is 11.4. The van der Waals surface area contributed by atoms with E-state index >= 15 is 0 Å². The van der Waals surface area contributed by atoms with Crippen molar-refractivity contribution in [1.82, 2.24) is 9.97 Å². The summed E-state index contributed by atoms with van der Waals surface area (Å²) in [5.41, 5.74) is 5.23. The number of benzene rings is 2. The monoisotopic (exact) mass is 453 g/mol. The molecule has 0 aliphatic carbocycles. The molecule has 0 unspecified atom stereocenters. The second kappa shape index (κ2) is 12.3. The Kier molecular flexibility index (Phi) is 8.92. The Morgan fingerprint density at radius 2 is 1.82 bits per heavy atom. The first kappa shape index (κ1) is 24.6. The second-order valence-corrected chi connectivity index (χ2v) is 8.02. The number of amides is 1. The molecule has 2 N–H and O–H groups in total. The molecule has 5 nitrogen and oxygen atoms in total. The van der Waals surface area contributed by atoms with Crippen LogP contribution in [-0.2, 0) is 17.6 Å². The highest BCUT2D eigenvalue weighted by Crippen LogP contribution is 2.26. The first-order valence-electron chi connectivity index (χ1n) is 11.4. The van der Waals surface area contributed by atoms with Gasteiger partial charge in [0.25, 0.3) is 0 Å². The van der Waals surface area contributed by atoms with Gasteiger partial charge in [0.1, 0.15) is 5.75 Å². The fourth-order valence-corrected chi connectivity index (χ4v) is 3.60. The van der Waals surface area contributed by atoms with E-state index in [0.717, 1.165) is 29.7 Å². The largest absolute Gasteiger partial charge is 0.508 e. The van der Waals surface area contributed by atoms with Gasteiger partial charge in [-0.2, -0.15) is 0 Å². The third kappa shape index (κ3) is 7.01. The van der Waals surface area contributed by atoms with E-state index in [1.165, 1.54) is 5.56 Å². The standard InChI is InChI=1S/C29H31N3O2/c1-4-6-11-22(5-2)20-26-29(32-27(34)15-10-14-23-12-8-7-9-13-23)30-21(3)28(31-26)24-16-18-25(33)19-17-24/h4-9,11-13,16-19,33H,1,10,14-15,20H2,2-3H3,(H,30,32,34)/b11-6-,22-5+. The number of rotatable bonds is 10. The molecule has 1 heterocycles. The van der Waals surface area contributed by atoms with Crippen molar-refractivity contribution in [2.24, 2.45) is 0 Å². The fraction of sp³-hybridized carbons (Fsp3) is 0.207. The predicted molar refractivity (Wildman–Crippen MR) is 139 cm³/mol. The lowest BCUT2D eigenvalue weighted by molar-refractivity contribution is -0.116. The Morgan fingerprint density at radius 1 is 1.09 bits per heavy atom. The lowest BCUT2D eigenvalue weighted by atomic mass is 10.1. The van der Waals surface area contributed by atoms with Crippen LogP contribution in [-0.4, -0.2) is 21.0 Å². The van der Waals surface area contributed by atoms with Gasteiger partial charge in [0.15, 0.2) is 5.82 Å². The number of aromatic nitrogens is 2. The minimum atomic E-state index is -0.0769. The molecule has 174 valence electrons. The van der Waals surface area contributed by atoms with E-state index in [4.69, 9.17) is 9.97 Å². The number of carbonyl (C=O) groups is 1. The number of allylic oxidation sites excluding steroid dienone is 5. The molecular formula is C29H31N3O2. The van der Waals surface area contributed by atoms with Crippen LogP contribution in [0.2, 0.25) is 0 Å². The molecule has 3 rings (SSSR count). The van der Waals surface area contributed by atoms with Crippen LogP contribution in [0.15, 0.2) is 91.1 Å². The highest BCUT2D eigenvalue weighted by molar-refractivity contribution is 5.90. The van der Waals surface area contributed by atoms with Gasteiger partial charge in [-0.15, -0.1) is 0 Å². The maximum absolute atomic E-state index is 12.7. The van der Waals surface area contributed by atoms with E-state index in [-0.39, 0.29) is 11.7 Å². The fourth-order valence-electron chi connectivity index (χ4n) is 3.60. The molecule has 0 fully saturated rings. The van der Waals surface area contributed by atoms with Gasteiger partial charge in [-0.05, 0) is 62.1 Å². The maximum Gasteiger partial charge on any atom is 0.225 e. The molecule has 3 aromatic rings. The summed E-state index contributed by atoms with van der Waals surface area (Å²) < 4.78 is 0. The summed E-state index contributed by atoms with van der Waals surface area (Å²) in [6.07, 6.45) is 10.1. The van der Waals surface area contributed by atoms with Crippen LogP contribution >= 0.6 is 0 Å². The Bertz CT molecular complexity index is 1180. The molecule has 0 atom stereocenters. The van der Waals surface area contributed by atoms with Crippen molar-refractivity contribution in [3.8, 4) is 17.0 Å². The molecule has 1 aromatic heterocycles. The van der Waals surface area contributed by atoms with Gasteiger partial charge in [-0.25, -0.2) is 9.97 Å². The zero-order chi connectivity index (χ0) is 24.3. The van der Waals surface area contributed by atoms with Crippen molar-refractivity contribution in [3.63, 3.8) is 0 Å². The quantitative estimate of drug-likeness (QED) is 0.351. The third-order valence-corrected chi connectivity index (χ3v) is 5.44. The summed E-state index contributed by atoms with van der Waals surface area (Å²) >= 11 is 0. The summed E-state index contributed by atoms with van der Waals surface area (Å²) in [4.78, 5) is 22.3. The average Bonchev–Trinajstić information content (AvgIpc) is 2.84. The van der Waals surface area contributed by atoms with Crippen LogP contribution in [0.4, 0.5) is 5.82 Å². The number of aromatic hydroxyl groups is 1. The van der Waals surface area contributed by atoms with Crippen molar-refractivity contribution in [2.75, 3.05) is 5.32 Å². The van der Waals surface area contributed by atoms with Crippen LogP contribution in [0, 0.1) is 6.92 Å². The Hall–Kier alpha value is -3.99. The molecule has 0 aliphatic rings. The zero-order valence-corrected chi connectivity index (χ0v) is 19.8. The van der Waals surface area contributed by atoms with Crippen molar-refractivity contribution >= 4 is 11.7 Å². The van der Waals surface area contributed by atoms with E-state index in [0.29, 0.717) is 30.0 Å². The number of hydrogen-bond donors (Lipinski definition) is 2. The topological polar surface area (TPSA) is 75.1 Å². The normalized spacial score (nSPS) is 11.5. The molecule has 2 aromatic carbocycles. The molecule has 0 radical (unpaired) electrons. The van der Waals surface area contributed by atoms with Crippen molar-refractivity contribution in [2.45, 2.75) is 39.5 Å². The van der Waals surface area contributed by atoms with Crippen LogP contribution < -0.4 is 5.32 Å². The molecule has 0 bridgehead atoms. The minimum absolute atomic E-state index is 0.0769. The smallest absolute Gasteiger partial charge is 0.225 e. The minimum Gasteiger partial charge on any atom is -0.508 e. The molecular weight excluding hydrogens is 422 g/mol. The van der Waals surface area contributed by atoms with Gasteiger partial charge in [0, 0.05) is 18.4 Å². The summed E-state index contributed by atoms with van der Waals surface area (Å²) in [7, 11) is 0. The number of nitrogens with zero attached hydrogens (tertiary/aromatic N) is 2. The number of hydrogen-bond acceptors (Lipinski definition) is 4. The van der Waals surface area contributed by atoms with Gasteiger partial charge in [0.05, 0.1) is 17.1 Å². The molecule has 0 saturated heterocycles. The van der Waals surface area contributed by atoms with E-state index in [1.54, 1.807) is 18.2 Å². The number of phenols is 1. The molecule has 0 spiro atoms. The number of aryl methyl sites for hydroxylation is 2. The van der Waals surface area contributed by atoms with Crippen molar-refractivity contribution in [3.05, 3.63) is 108 Å². The van der Waals surface area contributed by atoms with Gasteiger partial charge >= 0.3 is 0 Å². The lowest BCUT2D eigenvalue weighted by Crippen LogP contribution is -2.16. The van der Waals surface area contributed by atoms with E-state index in [1.807, 2.05) is 62.4 Å². The van der Waals surface area contributed by atoms with Crippen LogP contribution in [0.25, 0.3) is 11.3 Å². The maximum atomic E-state index is 12.7. The number of nitrogens with one attached hydrogen (secondary N) is 1. The predicted octanol–water partition coefficient (Wildman–Crippen LogP) is 6.35. The van der Waals surface area contributed by atoms with Gasteiger partial charge < -0.3 is 10.4 Å². The Balaban J connectivity index is 1.84. The van der Waals surface area contributed by atoms with E-state index < -0.39 is 0 Å². The summed E-state index contributed by atoms with van der Waals surface area (Å²) in [6.45, 7) is 7.57. The summed E-state index contributed by atoms with van der Waals surface area (Å²) in [5, 5.41) is 12.6. The van der Waals surface area contributed by atoms with Gasteiger partial charge in [-0.1, -0.05) is 61.2 Å². The van der Waals surface area contributed by atoms with Crippen LogP contribution in [0.1, 0.15) is 36.7 Å². The second-order valence-electron chi connectivity index (χ2n) is 8.02. The number of carbonyl (C=O) groups excluding carboxylic acids is 1. The molecule has 0 saturated carbocycles. The summed E-state index contributed by atoms with van der Waals surface area (Å²) in [5.74, 6) is 0.600. The van der Waals surface area contributed by atoms with E-state index in [2.05, 4.69) is 24.0 Å². The highest BCUT2D eigenvalue weighted by atomic mass is 16.3. The molecule has 34 heavy (non-hydrogen) atoms. The zero-order valence-electron chi connectivity index (χ0n) is 19.8. The SMILES string of the molecule is C=C/C=C\C(=C/C)Cc1nc(-c2ccc(O)cc2)c(C)nc1NC(=O)CCCc1ccccc1. The first-order chi connectivity index (χ1) is 16.5. The van der Waals surface area contributed by atoms with Crippen molar-refractivity contribution in [1.29, 1.82) is 0 Å². The number of anilines is 1. The highest BCUT2D eigenvalue weighted by Gasteiger charge is 2.16. The van der Waals surface area contributed by atoms with Crippen LogP contribution in [0.3, 0.4) is 0 Å². The van der Waals surface area contributed by atoms with Gasteiger partial charge in [0.2, 0.25) is 5.91 Å². The Labute approximate surface area is 201 Å². The molecule has 1 amide bonds. The molecule has 5 heteroatoms. The summed E-state index contributed by atoms with van der Waals surface area (Å²) in [6, 6.07) is 17.0. The van der Waals surface area contributed by atoms with Crippen LogP contribution in [0.5, 0.6) is 5.75 Å². The Morgan fingerprint density at radius 3 is 2.50 bits per heavy atom. The lowest BCUT2D eigenvalue weighted by Gasteiger charge is -2.14. The number of phenolic OH excluding ortho intramolecular Hbond substituents is 1. The van der Waals surface area contributed by atoms with Gasteiger partial charge in [-0.3, -0.25) is 4.79 Å². The average molecular weight is 454 g/mol. The molecule has 0 aliphatic heterocycles.